The van der Waals surface area contributed by atoms with Crippen molar-refractivity contribution in [1.29, 1.82) is 0 Å². The molecule has 0 fully saturated rings. The molecular formula is C9H11F3N2OS. The van der Waals surface area contributed by atoms with Crippen LogP contribution >= 0.6 is 0 Å². The van der Waals surface area contributed by atoms with Crippen molar-refractivity contribution in [2.24, 2.45) is 0 Å². The van der Waals surface area contributed by atoms with Gasteiger partial charge in [0.25, 0.3) is 0 Å². The van der Waals surface area contributed by atoms with Crippen molar-refractivity contribution in [3.05, 3.63) is 18.5 Å². The van der Waals surface area contributed by atoms with Crippen LogP contribution in [0.3, 0.4) is 0 Å². The van der Waals surface area contributed by atoms with Crippen LogP contribution in [0.1, 0.15) is 12.8 Å². The molecule has 0 aliphatic heterocycles. The summed E-state index contributed by atoms with van der Waals surface area (Å²) in [6.07, 6.45) is -2.56. The maximum absolute atomic E-state index is 11.9. The van der Waals surface area contributed by atoms with Gasteiger partial charge in [-0.2, -0.15) is 13.2 Å². The largest absolute Gasteiger partial charge is 0.396 e. The van der Waals surface area contributed by atoms with E-state index in [1.165, 1.54) is 18.5 Å². The lowest BCUT2D eigenvalue weighted by molar-refractivity contribution is -0.134. The van der Waals surface area contributed by atoms with Crippen LogP contribution in [-0.2, 0) is 10.8 Å². The predicted molar refractivity (Wildman–Crippen MR) is 55.2 cm³/mol. The van der Waals surface area contributed by atoms with Gasteiger partial charge < -0.3 is 5.73 Å². The Kier molecular flexibility index (Phi) is 4.28. The fourth-order valence-electron chi connectivity index (χ4n) is 1.11. The molecule has 0 spiro atoms. The lowest BCUT2D eigenvalue weighted by Gasteiger charge is -2.07. The van der Waals surface area contributed by atoms with E-state index in [2.05, 4.69) is 4.98 Å². The van der Waals surface area contributed by atoms with Crippen LogP contribution in [-0.4, -0.2) is 21.1 Å². The average molecular weight is 252 g/mol. The third-order valence-corrected chi connectivity index (χ3v) is 3.37. The van der Waals surface area contributed by atoms with Crippen LogP contribution in [0.25, 0.3) is 0 Å². The zero-order valence-corrected chi connectivity index (χ0v) is 9.14. The van der Waals surface area contributed by atoms with Gasteiger partial charge in [0.2, 0.25) is 0 Å². The number of nitrogens with zero attached hydrogens (tertiary/aromatic N) is 1. The molecule has 2 N–H and O–H groups in total. The topological polar surface area (TPSA) is 56.0 Å². The SMILES string of the molecule is Nc1cnccc1S(=O)CCCC(F)(F)F. The molecule has 0 amide bonds. The van der Waals surface area contributed by atoms with Gasteiger partial charge in [0.1, 0.15) is 0 Å². The van der Waals surface area contributed by atoms with Gasteiger partial charge in [-0.1, -0.05) is 0 Å². The molecule has 7 heteroatoms. The number of nitrogen functional groups attached to an aromatic ring is 1. The minimum atomic E-state index is -4.20. The number of rotatable bonds is 4. The maximum atomic E-state index is 11.9. The van der Waals surface area contributed by atoms with E-state index in [1.54, 1.807) is 0 Å². The molecule has 0 saturated carbocycles. The van der Waals surface area contributed by atoms with E-state index in [9.17, 15) is 17.4 Å². The number of aromatic nitrogens is 1. The van der Waals surface area contributed by atoms with Gasteiger partial charge in [0, 0.05) is 18.4 Å². The molecule has 1 atom stereocenters. The minimum absolute atomic E-state index is 0.0479. The molecule has 0 bridgehead atoms. The van der Waals surface area contributed by atoms with Crippen molar-refractivity contribution in [2.75, 3.05) is 11.5 Å². The first kappa shape index (κ1) is 13.0. The van der Waals surface area contributed by atoms with Crippen molar-refractivity contribution < 1.29 is 17.4 Å². The van der Waals surface area contributed by atoms with E-state index >= 15 is 0 Å². The summed E-state index contributed by atoms with van der Waals surface area (Å²) in [5.74, 6) is -0.0479. The molecule has 0 saturated heterocycles. The van der Waals surface area contributed by atoms with Crippen LogP contribution in [0.4, 0.5) is 18.9 Å². The van der Waals surface area contributed by atoms with Crippen LogP contribution in [0.15, 0.2) is 23.4 Å². The van der Waals surface area contributed by atoms with Crippen LogP contribution < -0.4 is 5.73 Å². The Morgan fingerprint density at radius 1 is 1.44 bits per heavy atom. The van der Waals surface area contributed by atoms with Crippen molar-refractivity contribution in [1.82, 2.24) is 4.98 Å². The molecule has 0 aliphatic rings. The number of anilines is 1. The molecule has 1 aromatic heterocycles. The average Bonchev–Trinajstić information content (AvgIpc) is 2.16. The molecule has 90 valence electrons. The molecular weight excluding hydrogens is 241 g/mol. The van der Waals surface area contributed by atoms with E-state index in [0.717, 1.165) is 0 Å². The van der Waals surface area contributed by atoms with Crippen LogP contribution in [0.2, 0.25) is 0 Å². The zero-order chi connectivity index (χ0) is 12.2. The van der Waals surface area contributed by atoms with E-state index < -0.39 is 23.4 Å². The number of hydrogen-bond acceptors (Lipinski definition) is 3. The normalized spacial score (nSPS) is 13.7. The molecule has 1 unspecified atom stereocenters. The number of nitrogens with two attached hydrogens (primary N) is 1. The Bertz CT molecular complexity index is 381. The Morgan fingerprint density at radius 3 is 2.69 bits per heavy atom. The minimum Gasteiger partial charge on any atom is -0.396 e. The highest BCUT2D eigenvalue weighted by Crippen LogP contribution is 2.22. The van der Waals surface area contributed by atoms with Crippen molar-refractivity contribution in [2.45, 2.75) is 23.9 Å². The summed E-state index contributed by atoms with van der Waals surface area (Å²) in [4.78, 5) is 4.05. The molecule has 3 nitrogen and oxygen atoms in total. The van der Waals surface area contributed by atoms with Gasteiger partial charge in [-0.15, -0.1) is 0 Å². The molecule has 1 rings (SSSR count). The fraction of sp³-hybridized carbons (Fsp3) is 0.444. The second kappa shape index (κ2) is 5.29. The summed E-state index contributed by atoms with van der Waals surface area (Å²) in [6, 6.07) is 1.46. The van der Waals surface area contributed by atoms with Gasteiger partial charge in [-0.05, 0) is 12.5 Å². The molecule has 0 aliphatic carbocycles. The summed E-state index contributed by atoms with van der Waals surface area (Å²) in [5, 5.41) is 0. The number of alkyl halides is 3. The molecule has 1 aromatic rings. The molecule has 16 heavy (non-hydrogen) atoms. The van der Waals surface area contributed by atoms with Gasteiger partial charge >= 0.3 is 6.18 Å². The summed E-state index contributed by atoms with van der Waals surface area (Å²) in [5.41, 5.74) is 5.74. The highest BCUT2D eigenvalue weighted by molar-refractivity contribution is 7.85. The smallest absolute Gasteiger partial charge is 0.389 e. The quantitative estimate of drug-likeness (QED) is 0.892. The standard InChI is InChI=1S/C9H11F3N2OS/c10-9(11,12)3-1-5-16(15)8-2-4-14-6-7(8)13/h2,4,6H,1,3,5,13H2. The van der Waals surface area contributed by atoms with Crippen molar-refractivity contribution >= 4 is 16.5 Å². The van der Waals surface area contributed by atoms with Crippen molar-refractivity contribution in [3.63, 3.8) is 0 Å². The molecule has 0 radical (unpaired) electrons. The number of pyridine rings is 1. The van der Waals surface area contributed by atoms with Gasteiger partial charge in [0.15, 0.2) is 0 Å². The third kappa shape index (κ3) is 4.18. The third-order valence-electron chi connectivity index (χ3n) is 1.85. The predicted octanol–water partition coefficient (Wildman–Crippen LogP) is 2.11. The lowest BCUT2D eigenvalue weighted by Crippen LogP contribution is -2.10. The van der Waals surface area contributed by atoms with Gasteiger partial charge in [0.05, 0.1) is 27.6 Å². The monoisotopic (exact) mass is 252 g/mol. The first-order valence-electron chi connectivity index (χ1n) is 4.55. The van der Waals surface area contributed by atoms with Crippen molar-refractivity contribution in [3.8, 4) is 0 Å². The van der Waals surface area contributed by atoms with Crippen LogP contribution in [0, 0.1) is 0 Å². The van der Waals surface area contributed by atoms with E-state index in [4.69, 9.17) is 5.73 Å². The van der Waals surface area contributed by atoms with E-state index in [0.29, 0.717) is 4.90 Å². The second-order valence-electron chi connectivity index (χ2n) is 3.18. The summed E-state index contributed by atoms with van der Waals surface area (Å²) in [7, 11) is -1.49. The number of halogens is 3. The lowest BCUT2D eigenvalue weighted by atomic mass is 10.3. The second-order valence-corrected chi connectivity index (χ2v) is 4.72. The summed E-state index contributed by atoms with van der Waals surface area (Å²) >= 11 is 0. The zero-order valence-electron chi connectivity index (χ0n) is 8.33. The molecule has 0 aromatic carbocycles. The Balaban J connectivity index is 2.51. The number of hydrogen-bond donors (Lipinski definition) is 1. The molecule has 1 heterocycles. The maximum Gasteiger partial charge on any atom is 0.389 e. The Labute approximate surface area is 93.3 Å². The van der Waals surface area contributed by atoms with E-state index in [1.807, 2.05) is 0 Å². The first-order chi connectivity index (χ1) is 7.40. The van der Waals surface area contributed by atoms with Crippen LogP contribution in [0.5, 0.6) is 0 Å². The summed E-state index contributed by atoms with van der Waals surface area (Å²) < 4.78 is 47.1. The Hall–Kier alpha value is -1.11. The van der Waals surface area contributed by atoms with Gasteiger partial charge in [-0.3, -0.25) is 9.19 Å². The fourth-order valence-corrected chi connectivity index (χ4v) is 2.27. The Morgan fingerprint density at radius 2 is 2.12 bits per heavy atom. The van der Waals surface area contributed by atoms with E-state index in [-0.39, 0.29) is 17.9 Å². The first-order valence-corrected chi connectivity index (χ1v) is 5.86. The van der Waals surface area contributed by atoms with Gasteiger partial charge in [-0.25, -0.2) is 0 Å². The highest BCUT2D eigenvalue weighted by atomic mass is 32.2. The summed E-state index contributed by atoms with van der Waals surface area (Å²) in [6.45, 7) is 0. The highest BCUT2D eigenvalue weighted by Gasteiger charge is 2.26.